The highest BCUT2D eigenvalue weighted by atomic mass is 16.6. The Morgan fingerprint density at radius 2 is 1.17 bits per heavy atom. The highest BCUT2D eigenvalue weighted by molar-refractivity contribution is 5.98. The third kappa shape index (κ3) is 5.85. The van der Waals surface area contributed by atoms with E-state index in [-0.39, 0.29) is 39.9 Å². The van der Waals surface area contributed by atoms with Crippen LogP contribution in [-0.2, 0) is 0 Å². The first-order valence-electron chi connectivity index (χ1n) is 10.5. The van der Waals surface area contributed by atoms with E-state index in [0.717, 1.165) is 5.56 Å². The molecule has 4 aromatic rings. The Morgan fingerprint density at radius 3 is 1.86 bits per heavy atom. The summed E-state index contributed by atoms with van der Waals surface area (Å²) in [6.07, 6.45) is 3.49. The topological polar surface area (TPSA) is 113 Å². The molecule has 7 nitrogen and oxygen atoms in total. The molecule has 4 rings (SSSR count). The number of ether oxygens (including phenoxy) is 2. The fourth-order valence-corrected chi connectivity index (χ4v) is 3.24. The predicted octanol–water partition coefficient (Wildman–Crippen LogP) is 5.41. The molecule has 0 bridgehead atoms. The molecule has 0 heterocycles. The maximum Gasteiger partial charge on any atom is 0.347 e. The average Bonchev–Trinajstić information content (AvgIpc) is 2.83. The molecule has 0 fully saturated rings. The molecule has 0 aliphatic carbocycles. The van der Waals surface area contributed by atoms with Gasteiger partial charge in [0.25, 0.3) is 0 Å². The van der Waals surface area contributed by atoms with E-state index in [0.29, 0.717) is 5.56 Å². The van der Waals surface area contributed by atoms with Crippen LogP contribution in [0.2, 0.25) is 0 Å². The van der Waals surface area contributed by atoms with Gasteiger partial charge in [0.2, 0.25) is 0 Å². The highest BCUT2D eigenvalue weighted by Crippen LogP contribution is 2.25. The Labute approximate surface area is 200 Å². The molecular weight excluding hydrogens is 448 g/mol. The van der Waals surface area contributed by atoms with Crippen LogP contribution >= 0.6 is 0 Å². The van der Waals surface area contributed by atoms with Crippen LogP contribution in [0.15, 0.2) is 91.0 Å². The lowest BCUT2D eigenvalue weighted by atomic mass is 10.1. The molecule has 0 saturated carbocycles. The molecule has 0 aromatic heterocycles. The van der Waals surface area contributed by atoms with Gasteiger partial charge in [-0.1, -0.05) is 48.6 Å². The number of esters is 2. The minimum absolute atomic E-state index is 0.000303. The number of para-hydroxylation sites is 2. The molecule has 0 atom stereocenters. The summed E-state index contributed by atoms with van der Waals surface area (Å²) in [6.45, 7) is 0. The Morgan fingerprint density at radius 1 is 0.600 bits per heavy atom. The normalized spacial score (nSPS) is 10.7. The smallest absolute Gasteiger partial charge is 0.347 e. The summed E-state index contributed by atoms with van der Waals surface area (Å²) in [5.41, 5.74) is 1.43. The van der Waals surface area contributed by atoms with Crippen LogP contribution < -0.4 is 9.47 Å². The van der Waals surface area contributed by atoms with Crippen molar-refractivity contribution in [3.8, 4) is 28.7 Å². The zero-order chi connectivity index (χ0) is 24.8. The van der Waals surface area contributed by atoms with Crippen molar-refractivity contribution < 1.29 is 34.4 Å². The number of rotatable bonds is 6. The maximum atomic E-state index is 12.8. The number of phenolic OH excluding ortho intramolecular Hbond substituents is 3. The van der Waals surface area contributed by atoms with Crippen LogP contribution in [0.25, 0.3) is 12.2 Å². The maximum absolute atomic E-state index is 12.8. The SMILES string of the molecule is O=C(Oc1ccccc1C(=O)Oc1ccc(C=Cc2cc(O)cc(O)c2)cc1)c1ccccc1O. The van der Waals surface area contributed by atoms with E-state index in [1.54, 1.807) is 60.7 Å². The van der Waals surface area contributed by atoms with Crippen molar-refractivity contribution in [3.05, 3.63) is 113 Å². The van der Waals surface area contributed by atoms with Crippen molar-refractivity contribution >= 4 is 24.1 Å². The Hall–Kier alpha value is -5.04. The number of carbonyl (C=O) groups excluding carboxylic acids is 2. The summed E-state index contributed by atoms with van der Waals surface area (Å²) in [5, 5.41) is 29.0. The van der Waals surface area contributed by atoms with Crippen molar-refractivity contribution in [3.63, 3.8) is 0 Å². The summed E-state index contributed by atoms with van der Waals surface area (Å²) in [6, 6.07) is 23.0. The fraction of sp³-hybridized carbons (Fsp3) is 0. The first-order valence-corrected chi connectivity index (χ1v) is 10.5. The molecule has 0 unspecified atom stereocenters. The van der Waals surface area contributed by atoms with Gasteiger partial charge in [-0.05, 0) is 59.7 Å². The fourth-order valence-electron chi connectivity index (χ4n) is 3.24. The van der Waals surface area contributed by atoms with Crippen LogP contribution in [0.1, 0.15) is 31.8 Å². The quantitative estimate of drug-likeness (QED) is 0.197. The first-order chi connectivity index (χ1) is 16.9. The lowest BCUT2D eigenvalue weighted by molar-refractivity contribution is 0.0705. The second kappa shape index (κ2) is 10.3. The molecule has 0 aliphatic rings. The molecule has 7 heteroatoms. The molecule has 4 aromatic carbocycles. The number of hydrogen-bond donors (Lipinski definition) is 3. The van der Waals surface area contributed by atoms with Crippen LogP contribution in [-0.4, -0.2) is 27.3 Å². The molecule has 0 aliphatic heterocycles. The Balaban J connectivity index is 1.45. The van der Waals surface area contributed by atoms with Crippen molar-refractivity contribution in [1.29, 1.82) is 0 Å². The van der Waals surface area contributed by atoms with Gasteiger partial charge < -0.3 is 24.8 Å². The van der Waals surface area contributed by atoms with Gasteiger partial charge in [-0.15, -0.1) is 0 Å². The van der Waals surface area contributed by atoms with Gasteiger partial charge in [0.05, 0.1) is 0 Å². The second-order valence-electron chi connectivity index (χ2n) is 7.48. The van der Waals surface area contributed by atoms with E-state index in [9.17, 15) is 24.9 Å². The van der Waals surface area contributed by atoms with E-state index in [1.807, 2.05) is 0 Å². The number of benzene rings is 4. The molecule has 0 spiro atoms. The van der Waals surface area contributed by atoms with Crippen LogP contribution in [0.3, 0.4) is 0 Å². The minimum Gasteiger partial charge on any atom is -0.508 e. The third-order valence-electron chi connectivity index (χ3n) is 4.92. The molecule has 0 radical (unpaired) electrons. The Bertz CT molecular complexity index is 1380. The van der Waals surface area contributed by atoms with E-state index in [1.165, 1.54) is 42.5 Å². The summed E-state index contributed by atoms with van der Waals surface area (Å²) < 4.78 is 10.8. The highest BCUT2D eigenvalue weighted by Gasteiger charge is 2.19. The van der Waals surface area contributed by atoms with Gasteiger partial charge in [0, 0.05) is 6.07 Å². The van der Waals surface area contributed by atoms with Gasteiger partial charge in [-0.25, -0.2) is 9.59 Å². The monoisotopic (exact) mass is 468 g/mol. The standard InChI is InChI=1S/C28H20O7/c29-20-15-19(16-21(30)17-20)10-9-18-11-13-22(14-12-18)34-28(33)24-6-2-4-8-26(24)35-27(32)23-5-1-3-7-25(23)31/h1-17,29-31H. The molecule has 174 valence electrons. The number of hydrogen-bond acceptors (Lipinski definition) is 7. The lowest BCUT2D eigenvalue weighted by Gasteiger charge is -2.10. The third-order valence-corrected chi connectivity index (χ3v) is 4.92. The second-order valence-corrected chi connectivity index (χ2v) is 7.48. The van der Waals surface area contributed by atoms with Crippen molar-refractivity contribution in [2.45, 2.75) is 0 Å². The largest absolute Gasteiger partial charge is 0.508 e. The van der Waals surface area contributed by atoms with Gasteiger partial charge in [-0.3, -0.25) is 0 Å². The molecule has 35 heavy (non-hydrogen) atoms. The predicted molar refractivity (Wildman–Crippen MR) is 130 cm³/mol. The average molecular weight is 468 g/mol. The van der Waals surface area contributed by atoms with Crippen LogP contribution in [0.4, 0.5) is 0 Å². The van der Waals surface area contributed by atoms with Crippen molar-refractivity contribution in [2.24, 2.45) is 0 Å². The van der Waals surface area contributed by atoms with Gasteiger partial charge in [0.15, 0.2) is 0 Å². The minimum atomic E-state index is -0.806. The summed E-state index contributed by atoms with van der Waals surface area (Å²) in [4.78, 5) is 25.2. The molecule has 0 amide bonds. The number of aromatic hydroxyl groups is 3. The lowest BCUT2D eigenvalue weighted by Crippen LogP contribution is -2.14. The van der Waals surface area contributed by atoms with E-state index in [2.05, 4.69) is 0 Å². The summed E-state index contributed by atoms with van der Waals surface area (Å²) >= 11 is 0. The van der Waals surface area contributed by atoms with Crippen molar-refractivity contribution in [1.82, 2.24) is 0 Å². The molecule has 3 N–H and O–H groups in total. The van der Waals surface area contributed by atoms with E-state index < -0.39 is 11.9 Å². The van der Waals surface area contributed by atoms with Crippen LogP contribution in [0.5, 0.6) is 28.7 Å². The zero-order valence-corrected chi connectivity index (χ0v) is 18.3. The van der Waals surface area contributed by atoms with E-state index >= 15 is 0 Å². The van der Waals surface area contributed by atoms with Crippen LogP contribution in [0, 0.1) is 0 Å². The van der Waals surface area contributed by atoms with Crippen molar-refractivity contribution in [2.75, 3.05) is 0 Å². The van der Waals surface area contributed by atoms with E-state index in [4.69, 9.17) is 9.47 Å². The van der Waals surface area contributed by atoms with Gasteiger partial charge in [0.1, 0.15) is 39.9 Å². The zero-order valence-electron chi connectivity index (χ0n) is 18.3. The molecular formula is C28H20O7. The summed E-state index contributed by atoms with van der Waals surface area (Å²) in [7, 11) is 0. The molecule has 0 saturated heterocycles. The number of carbonyl (C=O) groups is 2. The number of phenols is 3. The first kappa shape index (κ1) is 23.1. The van der Waals surface area contributed by atoms with Gasteiger partial charge >= 0.3 is 11.9 Å². The summed E-state index contributed by atoms with van der Waals surface area (Å²) in [5.74, 6) is -1.56. The van der Waals surface area contributed by atoms with Gasteiger partial charge in [-0.2, -0.15) is 0 Å². The Kier molecular flexibility index (Phi) is 6.78.